The molecule has 0 bridgehead atoms. The van der Waals surface area contributed by atoms with Gasteiger partial charge in [0.25, 0.3) is 0 Å². The lowest BCUT2D eigenvalue weighted by Crippen LogP contribution is -2.45. The topological polar surface area (TPSA) is 109 Å². The zero-order valence-corrected chi connectivity index (χ0v) is 17.9. The van der Waals surface area contributed by atoms with Crippen LogP contribution in [0.2, 0.25) is 0 Å². The minimum atomic E-state index is -0.681. The normalized spacial score (nSPS) is 10.7. The lowest BCUT2D eigenvalue weighted by Gasteiger charge is -2.26. The van der Waals surface area contributed by atoms with E-state index in [2.05, 4.69) is 4.98 Å². The number of carbonyl (C=O) groups excluding carboxylic acids is 4. The summed E-state index contributed by atoms with van der Waals surface area (Å²) >= 11 is 0. The van der Waals surface area contributed by atoms with Crippen LogP contribution in [0.3, 0.4) is 0 Å². The summed E-state index contributed by atoms with van der Waals surface area (Å²) in [5, 5.41) is 0. The highest BCUT2D eigenvalue weighted by Crippen LogP contribution is 2.19. The number of carbonyl (C=O) groups is 4. The van der Waals surface area contributed by atoms with Crippen LogP contribution in [-0.4, -0.2) is 85.6 Å². The largest absolute Gasteiger partial charge is 0.465 e. The van der Waals surface area contributed by atoms with E-state index in [4.69, 9.17) is 9.47 Å². The number of hydrogen-bond acceptors (Lipinski definition) is 7. The van der Waals surface area contributed by atoms with Crippen molar-refractivity contribution >= 4 is 29.6 Å². The van der Waals surface area contributed by atoms with Gasteiger partial charge in [0.15, 0.2) is 0 Å². The molecule has 0 aromatic carbocycles. The fourth-order valence-corrected chi connectivity index (χ4v) is 2.20. The molecule has 10 heteroatoms. The summed E-state index contributed by atoms with van der Waals surface area (Å²) < 4.78 is 9.90. The Bertz CT molecular complexity index is 774. The second-order valence-corrected chi connectivity index (χ2v) is 7.42. The molecule has 0 aliphatic carbocycles. The molecule has 1 aromatic rings. The van der Waals surface area contributed by atoms with E-state index in [9.17, 15) is 19.2 Å². The minimum absolute atomic E-state index is 0.178. The molecule has 3 amide bonds. The van der Waals surface area contributed by atoms with Gasteiger partial charge in [0, 0.05) is 27.3 Å². The molecule has 0 saturated carbocycles. The molecule has 1 aromatic heterocycles. The third-order valence-electron chi connectivity index (χ3n) is 3.82. The second-order valence-electron chi connectivity index (χ2n) is 7.42. The lowest BCUT2D eigenvalue weighted by molar-refractivity contribution is -0.134. The molecular formula is C19H28N4O6. The highest BCUT2D eigenvalue weighted by atomic mass is 16.6. The van der Waals surface area contributed by atoms with Crippen LogP contribution in [0.4, 0.5) is 10.5 Å². The Kier molecular flexibility index (Phi) is 8.11. The van der Waals surface area contributed by atoms with Crippen LogP contribution < -0.4 is 4.90 Å². The molecule has 0 spiro atoms. The van der Waals surface area contributed by atoms with Crippen LogP contribution in [0.25, 0.3) is 0 Å². The molecule has 0 saturated heterocycles. The summed E-state index contributed by atoms with van der Waals surface area (Å²) in [4.78, 5) is 56.2. The van der Waals surface area contributed by atoms with Crippen molar-refractivity contribution in [2.75, 3.05) is 46.2 Å². The van der Waals surface area contributed by atoms with Crippen LogP contribution in [0, 0.1) is 0 Å². The summed E-state index contributed by atoms with van der Waals surface area (Å²) in [6.07, 6.45) is 2.14. The van der Waals surface area contributed by atoms with Crippen LogP contribution >= 0.6 is 0 Å². The van der Waals surface area contributed by atoms with Crippen LogP contribution in [0.15, 0.2) is 18.5 Å². The first-order valence-electron chi connectivity index (χ1n) is 8.84. The highest BCUT2D eigenvalue weighted by Gasteiger charge is 2.25. The summed E-state index contributed by atoms with van der Waals surface area (Å²) in [6.45, 7) is 4.67. The lowest BCUT2D eigenvalue weighted by atomic mass is 10.2. The molecule has 0 aliphatic heterocycles. The number of ether oxygens (including phenoxy) is 2. The van der Waals surface area contributed by atoms with E-state index in [0.717, 1.165) is 4.90 Å². The van der Waals surface area contributed by atoms with Gasteiger partial charge >= 0.3 is 12.1 Å². The van der Waals surface area contributed by atoms with E-state index in [1.54, 1.807) is 20.8 Å². The minimum Gasteiger partial charge on any atom is -0.465 e. The van der Waals surface area contributed by atoms with Gasteiger partial charge < -0.3 is 24.2 Å². The summed E-state index contributed by atoms with van der Waals surface area (Å²) in [6, 6.07) is 1.44. The maximum Gasteiger partial charge on any atom is 0.410 e. The van der Waals surface area contributed by atoms with E-state index in [-0.39, 0.29) is 24.3 Å². The van der Waals surface area contributed by atoms with Crippen molar-refractivity contribution in [1.82, 2.24) is 14.8 Å². The van der Waals surface area contributed by atoms with E-state index in [0.29, 0.717) is 0 Å². The molecule has 0 atom stereocenters. The molecule has 0 unspecified atom stereocenters. The maximum absolute atomic E-state index is 12.6. The number of esters is 1. The maximum atomic E-state index is 12.6. The van der Waals surface area contributed by atoms with Gasteiger partial charge in [0.05, 0.1) is 31.1 Å². The summed E-state index contributed by atoms with van der Waals surface area (Å²) in [5.74, 6) is -1.50. The van der Waals surface area contributed by atoms with E-state index in [1.165, 1.54) is 56.5 Å². The number of amides is 3. The van der Waals surface area contributed by atoms with Crippen molar-refractivity contribution in [1.29, 1.82) is 0 Å². The van der Waals surface area contributed by atoms with E-state index in [1.807, 2.05) is 0 Å². The molecule has 1 rings (SSSR count). The smallest absolute Gasteiger partial charge is 0.410 e. The predicted octanol–water partition coefficient (Wildman–Crippen LogP) is 1.16. The first-order chi connectivity index (χ1) is 13.4. The molecule has 0 fully saturated rings. The standard InChI is InChI=1S/C19H28N4O6/c1-19(2,3)29-18(27)22(5)11-15(24)21(4)12-16(25)23(6)14-10-20-9-8-13(14)17(26)28-7/h8-10H,11-12H2,1-7H3. The van der Waals surface area contributed by atoms with Crippen molar-refractivity contribution < 1.29 is 28.7 Å². The number of likely N-dealkylation sites (N-methyl/N-ethyl adjacent to an activating group) is 3. The van der Waals surface area contributed by atoms with Crippen LogP contribution in [0.1, 0.15) is 31.1 Å². The first-order valence-corrected chi connectivity index (χ1v) is 8.84. The molecule has 0 N–H and O–H groups in total. The molecule has 1 heterocycles. The third kappa shape index (κ3) is 7.05. The van der Waals surface area contributed by atoms with Gasteiger partial charge in [0.2, 0.25) is 11.8 Å². The average Bonchev–Trinajstić information content (AvgIpc) is 2.65. The second kappa shape index (κ2) is 9.85. The summed E-state index contributed by atoms with van der Waals surface area (Å²) in [5.41, 5.74) is -0.243. The van der Waals surface area contributed by atoms with Gasteiger partial charge in [0.1, 0.15) is 12.1 Å². The van der Waals surface area contributed by atoms with Crippen molar-refractivity contribution in [3.63, 3.8) is 0 Å². The number of aromatic nitrogens is 1. The SMILES string of the molecule is COC(=O)c1ccncc1N(C)C(=O)CN(C)C(=O)CN(C)C(=O)OC(C)(C)C. The molecule has 160 valence electrons. The number of rotatable bonds is 6. The third-order valence-corrected chi connectivity index (χ3v) is 3.82. The van der Waals surface area contributed by atoms with Crippen molar-refractivity contribution in [3.05, 3.63) is 24.0 Å². The summed E-state index contributed by atoms with van der Waals surface area (Å²) in [7, 11) is 5.59. The van der Waals surface area contributed by atoms with Gasteiger partial charge in [-0.1, -0.05) is 0 Å². The molecular weight excluding hydrogens is 380 g/mol. The Morgan fingerprint density at radius 2 is 1.59 bits per heavy atom. The van der Waals surface area contributed by atoms with Crippen molar-refractivity contribution in [3.8, 4) is 0 Å². The van der Waals surface area contributed by atoms with Gasteiger partial charge in [-0.3, -0.25) is 14.6 Å². The van der Waals surface area contributed by atoms with Gasteiger partial charge in [-0.25, -0.2) is 9.59 Å². The Labute approximate surface area is 170 Å². The van der Waals surface area contributed by atoms with Gasteiger partial charge in [-0.2, -0.15) is 0 Å². The van der Waals surface area contributed by atoms with E-state index >= 15 is 0 Å². The zero-order valence-electron chi connectivity index (χ0n) is 17.9. The van der Waals surface area contributed by atoms with Crippen molar-refractivity contribution in [2.45, 2.75) is 26.4 Å². The Morgan fingerprint density at radius 1 is 1.00 bits per heavy atom. The number of nitrogens with zero attached hydrogens (tertiary/aromatic N) is 4. The van der Waals surface area contributed by atoms with Crippen LogP contribution in [0.5, 0.6) is 0 Å². The molecule has 0 aliphatic rings. The van der Waals surface area contributed by atoms with Gasteiger partial charge in [-0.05, 0) is 26.8 Å². The van der Waals surface area contributed by atoms with Crippen LogP contribution in [-0.2, 0) is 19.1 Å². The highest BCUT2D eigenvalue weighted by molar-refractivity contribution is 6.03. The number of anilines is 1. The first kappa shape index (κ1) is 23.9. The fraction of sp³-hybridized carbons (Fsp3) is 0.526. The molecule has 0 radical (unpaired) electrons. The Hall–Kier alpha value is -3.17. The van der Waals surface area contributed by atoms with E-state index < -0.39 is 29.5 Å². The quantitative estimate of drug-likeness (QED) is 0.650. The van der Waals surface area contributed by atoms with Crippen molar-refractivity contribution in [2.24, 2.45) is 0 Å². The number of pyridine rings is 1. The number of methoxy groups -OCH3 is 1. The Balaban J connectivity index is 2.76. The van der Waals surface area contributed by atoms with Gasteiger partial charge in [-0.15, -0.1) is 0 Å². The molecule has 29 heavy (non-hydrogen) atoms. The Morgan fingerprint density at radius 3 is 2.14 bits per heavy atom. The molecule has 10 nitrogen and oxygen atoms in total. The average molecular weight is 408 g/mol. The fourth-order valence-electron chi connectivity index (χ4n) is 2.20. The number of hydrogen-bond donors (Lipinski definition) is 0. The predicted molar refractivity (Wildman–Crippen MR) is 105 cm³/mol. The zero-order chi connectivity index (χ0) is 22.4. The monoisotopic (exact) mass is 408 g/mol.